The zero-order valence-corrected chi connectivity index (χ0v) is 11.9. The van der Waals surface area contributed by atoms with Crippen LogP contribution < -0.4 is 5.73 Å². The summed E-state index contributed by atoms with van der Waals surface area (Å²) >= 11 is 0. The van der Waals surface area contributed by atoms with Crippen molar-refractivity contribution in [3.8, 4) is 0 Å². The van der Waals surface area contributed by atoms with Crippen LogP contribution in [0, 0.1) is 0 Å². The molecule has 0 aromatic carbocycles. The highest BCUT2D eigenvalue weighted by molar-refractivity contribution is 5.81. The first kappa shape index (κ1) is 14.2. The molecule has 1 fully saturated rings. The van der Waals surface area contributed by atoms with Crippen molar-refractivity contribution < 1.29 is 4.79 Å². The van der Waals surface area contributed by atoms with Crippen molar-refractivity contribution in [3.63, 3.8) is 0 Å². The van der Waals surface area contributed by atoms with Gasteiger partial charge in [0.15, 0.2) is 0 Å². The Morgan fingerprint density at radius 2 is 2.11 bits per heavy atom. The summed E-state index contributed by atoms with van der Waals surface area (Å²) in [6.07, 6.45) is 7.80. The Labute approximate surface area is 114 Å². The Kier molecular flexibility index (Phi) is 4.34. The molecule has 5 heteroatoms. The van der Waals surface area contributed by atoms with E-state index in [-0.39, 0.29) is 17.4 Å². The lowest BCUT2D eigenvalue weighted by molar-refractivity contribution is -0.120. The molecule has 2 N–H and O–H groups in total. The summed E-state index contributed by atoms with van der Waals surface area (Å²) in [6, 6.07) is 0.229. The van der Waals surface area contributed by atoms with E-state index in [1.165, 1.54) is 12.7 Å². The maximum Gasteiger partial charge on any atom is 0.142 e. The smallest absolute Gasteiger partial charge is 0.142 e. The first-order chi connectivity index (χ1) is 9.00. The third-order valence-corrected chi connectivity index (χ3v) is 3.89. The lowest BCUT2D eigenvalue weighted by Crippen LogP contribution is -2.43. The van der Waals surface area contributed by atoms with Gasteiger partial charge in [0.1, 0.15) is 17.9 Å². The topological polar surface area (TPSA) is 73.8 Å². The number of hydrogen-bond acceptors (Lipinski definition) is 4. The zero-order chi connectivity index (χ0) is 13.9. The van der Waals surface area contributed by atoms with Crippen LogP contribution in [0.3, 0.4) is 0 Å². The van der Waals surface area contributed by atoms with E-state index in [0.29, 0.717) is 12.8 Å². The van der Waals surface area contributed by atoms with E-state index < -0.39 is 0 Å². The van der Waals surface area contributed by atoms with Gasteiger partial charge in [-0.05, 0) is 26.7 Å². The van der Waals surface area contributed by atoms with Crippen LogP contribution in [0.4, 0.5) is 0 Å². The van der Waals surface area contributed by atoms with Crippen molar-refractivity contribution in [1.29, 1.82) is 0 Å². The second-order valence-electron chi connectivity index (χ2n) is 6.03. The van der Waals surface area contributed by atoms with E-state index in [4.69, 9.17) is 5.73 Å². The molecule has 0 unspecified atom stereocenters. The van der Waals surface area contributed by atoms with Gasteiger partial charge in [0.05, 0.1) is 6.42 Å². The third kappa shape index (κ3) is 3.62. The van der Waals surface area contributed by atoms with Gasteiger partial charge in [-0.3, -0.25) is 4.79 Å². The molecule has 5 nitrogen and oxygen atoms in total. The minimum atomic E-state index is -0.280. The number of Topliss-reactive ketones (excluding diaryl/α,β-unsaturated/α-hetero) is 1. The second-order valence-corrected chi connectivity index (χ2v) is 6.03. The number of hydrogen-bond donors (Lipinski definition) is 1. The molecule has 19 heavy (non-hydrogen) atoms. The molecular formula is C14H24N4O. The Bertz CT molecular complexity index is 432. The van der Waals surface area contributed by atoms with Crippen molar-refractivity contribution >= 4 is 5.78 Å². The SMILES string of the molecule is CC(C)n1ncnc1CC(=O)CC1(N)CCCCC1. The molecule has 2 rings (SSSR count). The van der Waals surface area contributed by atoms with E-state index in [9.17, 15) is 4.79 Å². The van der Waals surface area contributed by atoms with E-state index in [1.807, 2.05) is 18.5 Å². The van der Waals surface area contributed by atoms with Gasteiger partial charge in [0.25, 0.3) is 0 Å². The third-order valence-electron chi connectivity index (χ3n) is 3.89. The highest BCUT2D eigenvalue weighted by Crippen LogP contribution is 2.29. The Hall–Kier alpha value is -1.23. The first-order valence-electron chi connectivity index (χ1n) is 7.19. The summed E-state index contributed by atoms with van der Waals surface area (Å²) in [5.74, 6) is 0.929. The van der Waals surface area contributed by atoms with Crippen LogP contribution in [-0.2, 0) is 11.2 Å². The van der Waals surface area contributed by atoms with Crippen LogP contribution in [0.5, 0.6) is 0 Å². The van der Waals surface area contributed by atoms with Crippen LogP contribution in [0.2, 0.25) is 0 Å². The van der Waals surface area contributed by atoms with Gasteiger partial charge in [0.2, 0.25) is 0 Å². The Balaban J connectivity index is 1.95. The predicted molar refractivity (Wildman–Crippen MR) is 73.7 cm³/mol. The minimum absolute atomic E-state index is 0.180. The summed E-state index contributed by atoms with van der Waals surface area (Å²) in [7, 11) is 0. The molecule has 0 bridgehead atoms. The molecule has 1 aliphatic carbocycles. The van der Waals surface area contributed by atoms with Gasteiger partial charge in [-0.1, -0.05) is 19.3 Å². The minimum Gasteiger partial charge on any atom is -0.325 e. The van der Waals surface area contributed by atoms with Crippen LogP contribution in [0.1, 0.15) is 64.2 Å². The highest BCUT2D eigenvalue weighted by Gasteiger charge is 2.30. The van der Waals surface area contributed by atoms with E-state index >= 15 is 0 Å². The number of aromatic nitrogens is 3. The number of carbonyl (C=O) groups excluding carboxylic acids is 1. The Morgan fingerprint density at radius 1 is 1.42 bits per heavy atom. The molecule has 0 atom stereocenters. The number of carbonyl (C=O) groups is 1. The quantitative estimate of drug-likeness (QED) is 0.883. The van der Waals surface area contributed by atoms with E-state index in [0.717, 1.165) is 31.5 Å². The molecule has 0 saturated heterocycles. The van der Waals surface area contributed by atoms with Crippen LogP contribution in [0.15, 0.2) is 6.33 Å². The van der Waals surface area contributed by atoms with Crippen LogP contribution >= 0.6 is 0 Å². The predicted octanol–water partition coefficient (Wildman–Crippen LogP) is 2.02. The van der Waals surface area contributed by atoms with Gasteiger partial charge in [-0.25, -0.2) is 9.67 Å². The second kappa shape index (κ2) is 5.82. The zero-order valence-electron chi connectivity index (χ0n) is 11.9. The fourth-order valence-electron chi connectivity index (χ4n) is 2.90. The lowest BCUT2D eigenvalue weighted by atomic mass is 9.79. The lowest BCUT2D eigenvalue weighted by Gasteiger charge is -2.32. The maximum absolute atomic E-state index is 12.2. The van der Waals surface area contributed by atoms with Gasteiger partial charge in [0, 0.05) is 18.0 Å². The van der Waals surface area contributed by atoms with E-state index in [2.05, 4.69) is 10.1 Å². The van der Waals surface area contributed by atoms with Crippen LogP contribution in [-0.4, -0.2) is 26.1 Å². The molecule has 1 aliphatic rings. The standard InChI is InChI=1S/C14H24N4O/c1-11(2)18-13(16-10-17-18)8-12(19)9-14(15)6-4-3-5-7-14/h10-11H,3-9,15H2,1-2H3. The molecule has 1 aromatic heterocycles. The Morgan fingerprint density at radius 3 is 2.74 bits per heavy atom. The molecule has 1 saturated carbocycles. The monoisotopic (exact) mass is 264 g/mol. The molecule has 1 heterocycles. The molecule has 0 spiro atoms. The van der Waals surface area contributed by atoms with Crippen molar-refractivity contribution in [2.24, 2.45) is 5.73 Å². The summed E-state index contributed by atoms with van der Waals surface area (Å²) in [4.78, 5) is 16.4. The van der Waals surface area contributed by atoms with E-state index in [1.54, 1.807) is 0 Å². The molecular weight excluding hydrogens is 240 g/mol. The first-order valence-corrected chi connectivity index (χ1v) is 7.19. The van der Waals surface area contributed by atoms with Gasteiger partial charge in [-0.15, -0.1) is 0 Å². The average Bonchev–Trinajstić information content (AvgIpc) is 2.77. The van der Waals surface area contributed by atoms with Crippen molar-refractivity contribution in [2.75, 3.05) is 0 Å². The fourth-order valence-corrected chi connectivity index (χ4v) is 2.90. The van der Waals surface area contributed by atoms with Crippen molar-refractivity contribution in [1.82, 2.24) is 14.8 Å². The number of nitrogens with zero attached hydrogens (tertiary/aromatic N) is 3. The van der Waals surface area contributed by atoms with Crippen LogP contribution in [0.25, 0.3) is 0 Å². The number of nitrogens with two attached hydrogens (primary N) is 1. The maximum atomic E-state index is 12.2. The highest BCUT2D eigenvalue weighted by atomic mass is 16.1. The summed E-state index contributed by atoms with van der Waals surface area (Å²) < 4.78 is 1.81. The summed E-state index contributed by atoms with van der Waals surface area (Å²) in [5.41, 5.74) is 6.04. The number of ketones is 1. The normalized spacial score (nSPS) is 18.7. The fraction of sp³-hybridized carbons (Fsp3) is 0.786. The molecule has 106 valence electrons. The average molecular weight is 264 g/mol. The summed E-state index contributed by atoms with van der Waals surface area (Å²) in [6.45, 7) is 4.07. The number of rotatable bonds is 5. The van der Waals surface area contributed by atoms with Gasteiger partial charge < -0.3 is 5.73 Å². The van der Waals surface area contributed by atoms with Gasteiger partial charge in [-0.2, -0.15) is 5.10 Å². The van der Waals surface area contributed by atoms with Crippen molar-refractivity contribution in [3.05, 3.63) is 12.2 Å². The molecule has 0 aliphatic heterocycles. The van der Waals surface area contributed by atoms with Crippen molar-refractivity contribution in [2.45, 2.75) is 70.4 Å². The molecule has 0 radical (unpaired) electrons. The molecule has 1 aromatic rings. The van der Waals surface area contributed by atoms with Gasteiger partial charge >= 0.3 is 0 Å². The summed E-state index contributed by atoms with van der Waals surface area (Å²) in [5, 5.41) is 4.15. The molecule has 0 amide bonds. The largest absolute Gasteiger partial charge is 0.325 e.